The Balaban J connectivity index is 1.73. The van der Waals surface area contributed by atoms with Crippen molar-refractivity contribution in [1.82, 2.24) is 19.8 Å². The fourth-order valence-corrected chi connectivity index (χ4v) is 3.06. The topological polar surface area (TPSA) is 77.3 Å². The number of hydrogen-bond acceptors (Lipinski definition) is 5. The van der Waals surface area contributed by atoms with E-state index in [1.165, 1.54) is 0 Å². The van der Waals surface area contributed by atoms with Crippen LogP contribution in [0.1, 0.15) is 50.3 Å². The normalized spacial score (nSPS) is 11.2. The highest BCUT2D eigenvalue weighted by molar-refractivity contribution is 5.91. The first-order valence-electron chi connectivity index (χ1n) is 8.53. The molecule has 0 saturated carbocycles. The third kappa shape index (κ3) is 3.29. The summed E-state index contributed by atoms with van der Waals surface area (Å²) in [6, 6.07) is 3.54. The summed E-state index contributed by atoms with van der Waals surface area (Å²) in [6.07, 6.45) is 0.555. The SMILES string of the molecule is Cc1noc(C)c1Cc1ccc(C(=O)N(C)Cc2c(C)nn(C)c2C)o1. The third-order valence-electron chi connectivity index (χ3n) is 4.81. The van der Waals surface area contributed by atoms with Gasteiger partial charge in [-0.3, -0.25) is 9.48 Å². The van der Waals surface area contributed by atoms with Crippen LogP contribution in [0.25, 0.3) is 0 Å². The number of rotatable bonds is 5. The van der Waals surface area contributed by atoms with Crippen LogP contribution in [0.15, 0.2) is 21.1 Å². The first-order valence-corrected chi connectivity index (χ1v) is 8.53. The molecule has 3 aromatic heterocycles. The number of furan rings is 1. The molecular weight excluding hydrogens is 332 g/mol. The summed E-state index contributed by atoms with van der Waals surface area (Å²) in [7, 11) is 3.67. The van der Waals surface area contributed by atoms with Gasteiger partial charge in [0.2, 0.25) is 0 Å². The van der Waals surface area contributed by atoms with Crippen molar-refractivity contribution in [2.45, 2.75) is 40.7 Å². The summed E-state index contributed by atoms with van der Waals surface area (Å²) in [5, 5.41) is 8.35. The average Bonchev–Trinajstić information content (AvgIpc) is 3.25. The first kappa shape index (κ1) is 18.0. The molecule has 0 unspecified atom stereocenters. The molecule has 0 saturated heterocycles. The summed E-state index contributed by atoms with van der Waals surface area (Å²) in [5.41, 5.74) is 4.88. The third-order valence-corrected chi connectivity index (χ3v) is 4.81. The van der Waals surface area contributed by atoms with Crippen LogP contribution in [0.3, 0.4) is 0 Å². The Hall–Kier alpha value is -2.83. The van der Waals surface area contributed by atoms with Gasteiger partial charge in [-0.2, -0.15) is 5.10 Å². The van der Waals surface area contributed by atoms with Crippen molar-refractivity contribution in [3.63, 3.8) is 0 Å². The van der Waals surface area contributed by atoms with Gasteiger partial charge in [0.1, 0.15) is 11.5 Å². The molecule has 26 heavy (non-hydrogen) atoms. The van der Waals surface area contributed by atoms with Crippen LogP contribution in [0.2, 0.25) is 0 Å². The van der Waals surface area contributed by atoms with Crippen LogP contribution in [-0.4, -0.2) is 32.8 Å². The largest absolute Gasteiger partial charge is 0.456 e. The Labute approximate surface area is 152 Å². The number of hydrogen-bond donors (Lipinski definition) is 0. The summed E-state index contributed by atoms with van der Waals surface area (Å²) in [5.74, 6) is 1.66. The Morgan fingerprint density at radius 2 is 1.88 bits per heavy atom. The van der Waals surface area contributed by atoms with E-state index < -0.39 is 0 Å². The van der Waals surface area contributed by atoms with E-state index in [0.29, 0.717) is 24.5 Å². The second-order valence-corrected chi connectivity index (χ2v) is 6.68. The molecule has 138 valence electrons. The predicted octanol–water partition coefficient (Wildman–Crippen LogP) is 3.10. The van der Waals surface area contributed by atoms with Crippen LogP contribution < -0.4 is 0 Å². The van der Waals surface area contributed by atoms with Gasteiger partial charge in [-0.05, 0) is 39.8 Å². The smallest absolute Gasteiger partial charge is 0.289 e. The van der Waals surface area contributed by atoms with Gasteiger partial charge < -0.3 is 13.8 Å². The highest BCUT2D eigenvalue weighted by Gasteiger charge is 2.20. The highest BCUT2D eigenvalue weighted by Crippen LogP contribution is 2.21. The Morgan fingerprint density at radius 1 is 1.15 bits per heavy atom. The zero-order valence-electron chi connectivity index (χ0n) is 16.1. The van der Waals surface area contributed by atoms with Gasteiger partial charge in [-0.25, -0.2) is 0 Å². The van der Waals surface area contributed by atoms with E-state index in [9.17, 15) is 4.79 Å². The number of carbonyl (C=O) groups excluding carboxylic acids is 1. The molecular formula is C19H24N4O3. The number of aromatic nitrogens is 3. The molecule has 0 aliphatic heterocycles. The van der Waals surface area contributed by atoms with E-state index in [-0.39, 0.29) is 5.91 Å². The van der Waals surface area contributed by atoms with Gasteiger partial charge in [-0.15, -0.1) is 0 Å². The number of amides is 1. The van der Waals surface area contributed by atoms with Crippen LogP contribution in [-0.2, 0) is 20.0 Å². The van der Waals surface area contributed by atoms with Crippen molar-refractivity contribution < 1.29 is 13.7 Å². The lowest BCUT2D eigenvalue weighted by Gasteiger charge is -2.16. The van der Waals surface area contributed by atoms with Gasteiger partial charge >= 0.3 is 0 Å². The molecule has 3 rings (SSSR count). The van der Waals surface area contributed by atoms with Gasteiger partial charge in [0.15, 0.2) is 5.76 Å². The van der Waals surface area contributed by atoms with Crippen molar-refractivity contribution in [2.75, 3.05) is 7.05 Å². The monoisotopic (exact) mass is 356 g/mol. The van der Waals surface area contributed by atoms with Crippen LogP contribution >= 0.6 is 0 Å². The minimum Gasteiger partial charge on any atom is -0.456 e. The van der Waals surface area contributed by atoms with Crippen LogP contribution in [0.5, 0.6) is 0 Å². The molecule has 0 bridgehead atoms. The summed E-state index contributed by atoms with van der Waals surface area (Å²) < 4.78 is 12.8. The van der Waals surface area contributed by atoms with Crippen LogP contribution in [0, 0.1) is 27.7 Å². The minimum absolute atomic E-state index is 0.155. The van der Waals surface area contributed by atoms with Gasteiger partial charge in [0.25, 0.3) is 5.91 Å². The van der Waals surface area contributed by atoms with Crippen LogP contribution in [0.4, 0.5) is 0 Å². The molecule has 0 atom stereocenters. The lowest BCUT2D eigenvalue weighted by atomic mass is 10.1. The predicted molar refractivity (Wildman–Crippen MR) is 96.0 cm³/mol. The first-order chi connectivity index (χ1) is 12.3. The Kier molecular flexibility index (Phi) is 4.71. The maximum Gasteiger partial charge on any atom is 0.289 e. The fraction of sp³-hybridized carbons (Fsp3) is 0.421. The second-order valence-electron chi connectivity index (χ2n) is 6.68. The van der Waals surface area contributed by atoms with Crippen molar-refractivity contribution in [2.24, 2.45) is 7.05 Å². The lowest BCUT2D eigenvalue weighted by Crippen LogP contribution is -2.26. The fourth-order valence-electron chi connectivity index (χ4n) is 3.06. The zero-order valence-corrected chi connectivity index (χ0v) is 16.1. The molecule has 0 aliphatic carbocycles. The highest BCUT2D eigenvalue weighted by atomic mass is 16.5. The molecule has 0 fully saturated rings. The molecule has 0 aromatic carbocycles. The molecule has 3 heterocycles. The maximum absolute atomic E-state index is 12.7. The lowest BCUT2D eigenvalue weighted by molar-refractivity contribution is 0.0751. The summed E-state index contributed by atoms with van der Waals surface area (Å²) in [6.45, 7) is 8.21. The summed E-state index contributed by atoms with van der Waals surface area (Å²) in [4.78, 5) is 14.4. The van der Waals surface area contributed by atoms with Gasteiger partial charge in [-0.1, -0.05) is 5.16 Å². The van der Waals surface area contributed by atoms with E-state index in [2.05, 4.69) is 10.3 Å². The molecule has 7 heteroatoms. The summed E-state index contributed by atoms with van der Waals surface area (Å²) >= 11 is 0. The molecule has 0 N–H and O–H groups in total. The van der Waals surface area contributed by atoms with Gasteiger partial charge in [0.05, 0.1) is 11.4 Å². The second kappa shape index (κ2) is 6.82. The van der Waals surface area contributed by atoms with Gasteiger partial charge in [0, 0.05) is 43.9 Å². The zero-order chi connectivity index (χ0) is 19.0. The van der Waals surface area contributed by atoms with E-state index in [4.69, 9.17) is 8.94 Å². The standard InChI is InChI=1S/C19H24N4O3/c1-11-17(13(3)23(6)20-11)10-22(5)19(24)18-8-7-15(25-18)9-16-12(2)21-26-14(16)4/h7-8H,9-10H2,1-6H3. The van der Waals surface area contributed by atoms with E-state index in [1.54, 1.807) is 18.0 Å². The van der Waals surface area contributed by atoms with E-state index in [0.717, 1.165) is 34.0 Å². The molecule has 3 aromatic rings. The van der Waals surface area contributed by atoms with Crippen molar-refractivity contribution >= 4 is 5.91 Å². The Bertz CT molecular complexity index is 929. The van der Waals surface area contributed by atoms with Crippen molar-refractivity contribution in [3.8, 4) is 0 Å². The minimum atomic E-state index is -0.155. The number of aryl methyl sites for hydroxylation is 4. The maximum atomic E-state index is 12.7. The molecule has 0 aliphatic rings. The number of carbonyl (C=O) groups is 1. The molecule has 0 radical (unpaired) electrons. The molecule has 7 nitrogen and oxygen atoms in total. The molecule has 1 amide bonds. The average molecular weight is 356 g/mol. The van der Waals surface area contributed by atoms with E-state index >= 15 is 0 Å². The van der Waals surface area contributed by atoms with Crippen molar-refractivity contribution in [3.05, 3.63) is 57.6 Å². The van der Waals surface area contributed by atoms with E-state index in [1.807, 2.05) is 45.5 Å². The number of nitrogens with zero attached hydrogens (tertiary/aromatic N) is 4. The Morgan fingerprint density at radius 3 is 2.46 bits per heavy atom. The molecule has 0 spiro atoms. The van der Waals surface area contributed by atoms with Crippen molar-refractivity contribution in [1.29, 1.82) is 0 Å². The quantitative estimate of drug-likeness (QED) is 0.702.